The van der Waals surface area contributed by atoms with E-state index in [1.807, 2.05) is 42.5 Å². The van der Waals surface area contributed by atoms with Crippen LogP contribution in [-0.4, -0.2) is 44.8 Å². The second-order valence-corrected chi connectivity index (χ2v) is 14.6. The first-order chi connectivity index (χ1) is 17.3. The predicted molar refractivity (Wildman–Crippen MR) is 150 cm³/mol. The first-order valence-electron chi connectivity index (χ1n) is 12.5. The molecule has 190 valence electrons. The van der Waals surface area contributed by atoms with Gasteiger partial charge in [-0.05, 0) is 39.9 Å². The molecule has 0 aliphatic rings. The van der Waals surface area contributed by atoms with Crippen molar-refractivity contribution in [1.82, 2.24) is 5.32 Å². The number of rotatable bonds is 12. The smallest absolute Gasteiger partial charge is 0.261 e. The highest BCUT2D eigenvalue weighted by molar-refractivity contribution is 6.99. The van der Waals surface area contributed by atoms with Gasteiger partial charge in [-0.25, -0.2) is 0 Å². The lowest BCUT2D eigenvalue weighted by Crippen LogP contribution is -2.67. The Labute approximate surface area is 216 Å². The molecule has 0 saturated carbocycles. The normalized spacial score (nSPS) is 14.5. The maximum absolute atomic E-state index is 10.8. The second-order valence-electron chi connectivity index (χ2n) is 10.3. The minimum atomic E-state index is -2.62. The van der Waals surface area contributed by atoms with Gasteiger partial charge in [0.2, 0.25) is 0 Å². The number of benzene rings is 3. The maximum atomic E-state index is 10.8. The molecule has 7 heteroatoms. The summed E-state index contributed by atoms with van der Waals surface area (Å²) in [5.41, 5.74) is 10.0. The van der Waals surface area contributed by atoms with Crippen LogP contribution in [0.5, 0.6) is 0 Å². The molecule has 6 nitrogen and oxygen atoms in total. The number of azide groups is 1. The molecule has 2 N–H and O–H groups in total. The molecule has 0 radical (unpaired) electrons. The molecule has 3 aromatic carbocycles. The first-order valence-corrected chi connectivity index (χ1v) is 14.4. The highest BCUT2D eigenvalue weighted by Crippen LogP contribution is 2.36. The van der Waals surface area contributed by atoms with Crippen LogP contribution >= 0.6 is 0 Å². The molecule has 0 heterocycles. The summed E-state index contributed by atoms with van der Waals surface area (Å²) in [6.07, 6.45) is -0.322. The molecule has 3 atom stereocenters. The maximum Gasteiger partial charge on any atom is 0.261 e. The number of aliphatic hydroxyl groups is 1. The zero-order valence-corrected chi connectivity index (χ0v) is 22.7. The number of aliphatic hydroxyl groups excluding tert-OH is 1. The molecule has 0 spiro atoms. The van der Waals surface area contributed by atoms with Crippen molar-refractivity contribution >= 4 is 18.7 Å². The van der Waals surface area contributed by atoms with Gasteiger partial charge in [-0.1, -0.05) is 117 Å². The lowest BCUT2D eigenvalue weighted by molar-refractivity contribution is 0.133. The minimum Gasteiger partial charge on any atom is -0.406 e. The van der Waals surface area contributed by atoms with Crippen LogP contribution in [0.4, 0.5) is 0 Å². The van der Waals surface area contributed by atoms with Crippen LogP contribution in [0.1, 0.15) is 33.3 Å². The van der Waals surface area contributed by atoms with E-state index in [1.54, 1.807) is 0 Å². The average Bonchev–Trinajstić information content (AvgIpc) is 2.88. The molecule has 0 fully saturated rings. The summed E-state index contributed by atoms with van der Waals surface area (Å²) in [5, 5.41) is 20.4. The Morgan fingerprint density at radius 1 is 0.917 bits per heavy atom. The Hall–Kier alpha value is -2.93. The van der Waals surface area contributed by atoms with E-state index in [-0.39, 0.29) is 11.1 Å². The summed E-state index contributed by atoms with van der Waals surface area (Å²) in [4.78, 5) is 2.96. The van der Waals surface area contributed by atoms with E-state index in [4.69, 9.17) is 9.96 Å². The largest absolute Gasteiger partial charge is 0.406 e. The Bertz CT molecular complexity index is 1060. The standard InChI is InChI=1S/C29H38N4O2Si/c1-23(31-21-28(34)27(32-33-30)20-24-14-8-5-9-15-24)22-35-36(29(2,3)4,25-16-10-6-11-17-25)26-18-12-7-13-19-26/h5-19,23,27-28,31,34H,20-22H2,1-4H3/t23-,27-,28-/m0/s1. The summed E-state index contributed by atoms with van der Waals surface area (Å²) in [7, 11) is -2.62. The third-order valence-electron chi connectivity index (χ3n) is 6.57. The molecule has 0 unspecified atom stereocenters. The van der Waals surface area contributed by atoms with Gasteiger partial charge in [0.15, 0.2) is 0 Å². The highest BCUT2D eigenvalue weighted by atomic mass is 28.4. The Kier molecular flexibility index (Phi) is 9.87. The molecule has 0 bridgehead atoms. The molecule has 3 rings (SSSR count). The number of hydrogen-bond acceptors (Lipinski definition) is 4. The van der Waals surface area contributed by atoms with E-state index in [2.05, 4.69) is 91.6 Å². The van der Waals surface area contributed by atoms with E-state index in [0.29, 0.717) is 19.6 Å². The average molecular weight is 503 g/mol. The fourth-order valence-corrected chi connectivity index (χ4v) is 9.36. The van der Waals surface area contributed by atoms with Gasteiger partial charge in [-0.3, -0.25) is 0 Å². The van der Waals surface area contributed by atoms with Crippen molar-refractivity contribution < 1.29 is 9.53 Å². The van der Waals surface area contributed by atoms with Crippen molar-refractivity contribution in [2.24, 2.45) is 5.11 Å². The molecule has 0 amide bonds. The third kappa shape index (κ3) is 6.84. The minimum absolute atomic E-state index is 0.00950. The van der Waals surface area contributed by atoms with Crippen molar-refractivity contribution in [3.05, 3.63) is 107 Å². The molecule has 0 aliphatic carbocycles. The Morgan fingerprint density at radius 2 is 1.42 bits per heavy atom. The number of nitrogens with zero attached hydrogens (tertiary/aromatic N) is 3. The molecular weight excluding hydrogens is 464 g/mol. The highest BCUT2D eigenvalue weighted by Gasteiger charge is 2.50. The number of hydrogen-bond donors (Lipinski definition) is 2. The van der Waals surface area contributed by atoms with Crippen LogP contribution in [-0.2, 0) is 10.8 Å². The van der Waals surface area contributed by atoms with Crippen LogP contribution in [0.2, 0.25) is 5.04 Å². The van der Waals surface area contributed by atoms with E-state index in [1.165, 1.54) is 10.4 Å². The molecule has 0 aromatic heterocycles. The topological polar surface area (TPSA) is 90.2 Å². The fraction of sp³-hybridized carbons (Fsp3) is 0.379. The fourth-order valence-electron chi connectivity index (χ4n) is 4.70. The van der Waals surface area contributed by atoms with Crippen LogP contribution in [0.3, 0.4) is 0 Å². The molecular formula is C29H38N4O2Si. The van der Waals surface area contributed by atoms with Crippen molar-refractivity contribution in [3.8, 4) is 0 Å². The lowest BCUT2D eigenvalue weighted by Gasteiger charge is -2.43. The molecule has 0 saturated heterocycles. The zero-order chi connectivity index (χ0) is 26.0. The van der Waals surface area contributed by atoms with Gasteiger partial charge < -0.3 is 14.8 Å². The van der Waals surface area contributed by atoms with Gasteiger partial charge in [0, 0.05) is 24.1 Å². The van der Waals surface area contributed by atoms with Gasteiger partial charge in [-0.15, -0.1) is 0 Å². The second kappa shape index (κ2) is 12.9. The van der Waals surface area contributed by atoms with E-state index >= 15 is 0 Å². The summed E-state index contributed by atoms with van der Waals surface area (Å²) >= 11 is 0. The predicted octanol–water partition coefficient (Wildman–Crippen LogP) is 4.82. The number of nitrogens with one attached hydrogen (secondary N) is 1. The monoisotopic (exact) mass is 502 g/mol. The molecule has 3 aromatic rings. The van der Waals surface area contributed by atoms with Crippen LogP contribution < -0.4 is 15.7 Å². The summed E-state index contributed by atoms with van der Waals surface area (Å²) in [5.74, 6) is 0. The van der Waals surface area contributed by atoms with Crippen molar-refractivity contribution in [3.63, 3.8) is 0 Å². The van der Waals surface area contributed by atoms with Gasteiger partial charge in [0.25, 0.3) is 8.32 Å². The SMILES string of the molecule is C[C@@H](CO[Si](c1ccccc1)(c1ccccc1)C(C)(C)C)NC[C@H](O)[C@H](Cc1ccccc1)N=[N+]=[N-]. The van der Waals surface area contributed by atoms with E-state index < -0.39 is 20.5 Å². The van der Waals surface area contributed by atoms with Gasteiger partial charge >= 0.3 is 0 Å². The van der Waals surface area contributed by atoms with Crippen molar-refractivity contribution in [1.29, 1.82) is 0 Å². The van der Waals surface area contributed by atoms with Crippen LogP contribution in [0.15, 0.2) is 96.1 Å². The van der Waals surface area contributed by atoms with Crippen molar-refractivity contribution in [2.75, 3.05) is 13.2 Å². The van der Waals surface area contributed by atoms with Gasteiger partial charge in [-0.2, -0.15) is 0 Å². The summed E-state index contributed by atoms with van der Waals surface area (Å²) in [6.45, 7) is 9.64. The summed E-state index contributed by atoms with van der Waals surface area (Å²) in [6, 6.07) is 30.3. The quantitative estimate of drug-likeness (QED) is 0.161. The third-order valence-corrected chi connectivity index (χ3v) is 11.6. The molecule has 0 aliphatic heterocycles. The van der Waals surface area contributed by atoms with Gasteiger partial charge in [0.1, 0.15) is 0 Å². The molecule has 36 heavy (non-hydrogen) atoms. The zero-order valence-electron chi connectivity index (χ0n) is 21.7. The Balaban J connectivity index is 1.73. The lowest BCUT2D eigenvalue weighted by atomic mass is 10.0. The van der Waals surface area contributed by atoms with E-state index in [9.17, 15) is 5.11 Å². The van der Waals surface area contributed by atoms with Crippen LogP contribution in [0.25, 0.3) is 10.4 Å². The van der Waals surface area contributed by atoms with E-state index in [0.717, 1.165) is 5.56 Å². The van der Waals surface area contributed by atoms with Crippen LogP contribution in [0, 0.1) is 0 Å². The summed E-state index contributed by atoms with van der Waals surface area (Å²) < 4.78 is 6.98. The van der Waals surface area contributed by atoms with Crippen molar-refractivity contribution in [2.45, 2.75) is 57.3 Å². The Morgan fingerprint density at radius 3 is 1.89 bits per heavy atom. The first kappa shape index (κ1) is 27.7. The van der Waals surface area contributed by atoms with Gasteiger partial charge in [0.05, 0.1) is 12.1 Å².